The van der Waals surface area contributed by atoms with Gasteiger partial charge in [-0.15, -0.1) is 0 Å². The highest BCUT2D eigenvalue weighted by atomic mass is 15.6. The van der Waals surface area contributed by atoms with Crippen LogP contribution in [-0.2, 0) is 13.1 Å². The van der Waals surface area contributed by atoms with Crippen molar-refractivity contribution in [3.05, 3.63) is 84.2 Å². The van der Waals surface area contributed by atoms with Crippen LogP contribution in [0.5, 0.6) is 0 Å². The molecule has 0 radical (unpaired) electrons. The van der Waals surface area contributed by atoms with Crippen molar-refractivity contribution in [3.63, 3.8) is 0 Å². The second kappa shape index (κ2) is 6.96. The minimum atomic E-state index is 0.615. The standard InChI is InChI=1S/C18H17N7/c1-2-8-17(9-3-1)25-18(21-22-23-25)19-13-15-6-4-7-16(12-15)14-24-11-5-10-20-24/h1-12H,13-14H2,(H,19,21,23). The average Bonchev–Trinajstić information content (AvgIpc) is 3.33. The molecule has 0 spiro atoms. The SMILES string of the molecule is c1ccc(-n2nnnc2NCc2cccc(Cn3cccn3)c2)cc1. The summed E-state index contributed by atoms with van der Waals surface area (Å²) in [6, 6.07) is 20.1. The quantitative estimate of drug-likeness (QED) is 0.588. The minimum Gasteiger partial charge on any atom is -0.349 e. The molecule has 2 heterocycles. The summed E-state index contributed by atoms with van der Waals surface area (Å²) in [6.45, 7) is 1.39. The van der Waals surface area contributed by atoms with Gasteiger partial charge in [0.1, 0.15) is 0 Å². The maximum absolute atomic E-state index is 4.24. The topological polar surface area (TPSA) is 73.5 Å². The molecule has 0 fully saturated rings. The van der Waals surface area contributed by atoms with E-state index in [1.165, 1.54) is 5.56 Å². The Hall–Kier alpha value is -3.48. The Kier molecular flexibility index (Phi) is 4.20. The Labute approximate surface area is 144 Å². The van der Waals surface area contributed by atoms with Gasteiger partial charge in [-0.25, -0.2) is 0 Å². The zero-order valence-electron chi connectivity index (χ0n) is 13.5. The van der Waals surface area contributed by atoms with Crippen molar-refractivity contribution in [1.82, 2.24) is 30.0 Å². The lowest BCUT2D eigenvalue weighted by atomic mass is 10.1. The van der Waals surface area contributed by atoms with Gasteiger partial charge in [0.2, 0.25) is 5.95 Å². The normalized spacial score (nSPS) is 10.7. The van der Waals surface area contributed by atoms with Gasteiger partial charge in [-0.05, 0) is 39.8 Å². The molecule has 0 unspecified atom stereocenters. The fourth-order valence-electron chi connectivity index (χ4n) is 2.64. The molecule has 0 saturated heterocycles. The summed E-state index contributed by atoms with van der Waals surface area (Å²) in [5, 5.41) is 19.4. The van der Waals surface area contributed by atoms with Gasteiger partial charge in [0.15, 0.2) is 0 Å². The summed E-state index contributed by atoms with van der Waals surface area (Å²) in [5.74, 6) is 0.615. The summed E-state index contributed by atoms with van der Waals surface area (Å²) < 4.78 is 3.59. The molecule has 7 nitrogen and oxygen atoms in total. The molecule has 0 atom stereocenters. The molecule has 0 bridgehead atoms. The van der Waals surface area contributed by atoms with E-state index in [0.29, 0.717) is 12.5 Å². The van der Waals surface area contributed by atoms with E-state index in [0.717, 1.165) is 17.8 Å². The fraction of sp³-hybridized carbons (Fsp3) is 0.111. The molecule has 0 aliphatic carbocycles. The Morgan fingerprint density at radius 3 is 2.64 bits per heavy atom. The van der Waals surface area contributed by atoms with Crippen LogP contribution in [-0.4, -0.2) is 30.0 Å². The van der Waals surface area contributed by atoms with Crippen LogP contribution in [0.15, 0.2) is 73.1 Å². The average molecular weight is 331 g/mol. The first-order valence-corrected chi connectivity index (χ1v) is 8.01. The molecule has 2 aromatic carbocycles. The number of nitrogens with one attached hydrogen (secondary N) is 1. The van der Waals surface area contributed by atoms with Gasteiger partial charge in [-0.1, -0.05) is 47.6 Å². The molecule has 0 amide bonds. The van der Waals surface area contributed by atoms with Crippen molar-refractivity contribution in [2.24, 2.45) is 0 Å². The molecular formula is C18H17N7. The Balaban J connectivity index is 1.47. The summed E-state index contributed by atoms with van der Waals surface area (Å²) in [6.07, 6.45) is 3.74. The number of aromatic nitrogens is 6. The van der Waals surface area contributed by atoms with Crippen LogP contribution < -0.4 is 5.32 Å². The van der Waals surface area contributed by atoms with Crippen molar-refractivity contribution in [1.29, 1.82) is 0 Å². The molecular weight excluding hydrogens is 314 g/mol. The number of tetrazole rings is 1. The first kappa shape index (κ1) is 15.1. The van der Waals surface area contributed by atoms with Crippen LogP contribution >= 0.6 is 0 Å². The summed E-state index contributed by atoms with van der Waals surface area (Å²) >= 11 is 0. The van der Waals surface area contributed by atoms with Crippen LogP contribution in [0.4, 0.5) is 5.95 Å². The van der Waals surface area contributed by atoms with E-state index in [1.807, 2.05) is 47.3 Å². The summed E-state index contributed by atoms with van der Waals surface area (Å²) in [4.78, 5) is 0. The maximum atomic E-state index is 4.24. The van der Waals surface area contributed by atoms with Crippen LogP contribution in [0.2, 0.25) is 0 Å². The molecule has 0 saturated carbocycles. The van der Waals surface area contributed by atoms with E-state index in [1.54, 1.807) is 10.9 Å². The van der Waals surface area contributed by atoms with E-state index in [4.69, 9.17) is 0 Å². The van der Waals surface area contributed by atoms with E-state index in [-0.39, 0.29) is 0 Å². The third kappa shape index (κ3) is 3.55. The van der Waals surface area contributed by atoms with Gasteiger partial charge in [0.25, 0.3) is 0 Å². The Morgan fingerprint density at radius 2 is 1.80 bits per heavy atom. The molecule has 0 aliphatic heterocycles. The van der Waals surface area contributed by atoms with Gasteiger partial charge < -0.3 is 5.32 Å². The van der Waals surface area contributed by atoms with Crippen molar-refractivity contribution in [2.75, 3.05) is 5.32 Å². The Morgan fingerprint density at radius 1 is 0.920 bits per heavy atom. The number of anilines is 1. The van der Waals surface area contributed by atoms with Crippen molar-refractivity contribution in [3.8, 4) is 5.69 Å². The number of para-hydroxylation sites is 1. The lowest BCUT2D eigenvalue weighted by Crippen LogP contribution is -2.08. The third-order valence-electron chi connectivity index (χ3n) is 3.82. The molecule has 0 aliphatic rings. The molecule has 7 heteroatoms. The number of nitrogens with zero attached hydrogens (tertiary/aromatic N) is 6. The number of benzene rings is 2. The highest BCUT2D eigenvalue weighted by molar-refractivity contribution is 5.39. The van der Waals surface area contributed by atoms with Crippen LogP contribution in [0, 0.1) is 0 Å². The summed E-state index contributed by atoms with van der Waals surface area (Å²) in [7, 11) is 0. The predicted molar refractivity (Wildman–Crippen MR) is 94.3 cm³/mol. The molecule has 124 valence electrons. The van der Waals surface area contributed by atoms with Crippen molar-refractivity contribution >= 4 is 5.95 Å². The number of hydrogen-bond donors (Lipinski definition) is 1. The van der Waals surface area contributed by atoms with E-state index >= 15 is 0 Å². The van der Waals surface area contributed by atoms with Crippen LogP contribution in [0.1, 0.15) is 11.1 Å². The number of rotatable bonds is 6. The van der Waals surface area contributed by atoms with Crippen LogP contribution in [0.3, 0.4) is 0 Å². The first-order chi connectivity index (χ1) is 12.4. The molecule has 4 aromatic rings. The largest absolute Gasteiger partial charge is 0.349 e. The van der Waals surface area contributed by atoms with E-state index < -0.39 is 0 Å². The van der Waals surface area contributed by atoms with Crippen LogP contribution in [0.25, 0.3) is 5.69 Å². The Bertz CT molecular complexity index is 929. The third-order valence-corrected chi connectivity index (χ3v) is 3.82. The number of hydrogen-bond acceptors (Lipinski definition) is 5. The predicted octanol–water partition coefficient (Wildman–Crippen LogP) is 2.52. The molecule has 4 rings (SSSR count). The van der Waals surface area contributed by atoms with E-state index in [9.17, 15) is 0 Å². The summed E-state index contributed by atoms with van der Waals surface area (Å²) in [5.41, 5.74) is 3.28. The zero-order valence-corrected chi connectivity index (χ0v) is 13.5. The molecule has 1 N–H and O–H groups in total. The van der Waals surface area contributed by atoms with Gasteiger partial charge in [0, 0.05) is 18.9 Å². The lowest BCUT2D eigenvalue weighted by Gasteiger charge is -2.09. The second-order valence-electron chi connectivity index (χ2n) is 5.63. The lowest BCUT2D eigenvalue weighted by molar-refractivity contribution is 0.686. The van der Waals surface area contributed by atoms with Gasteiger partial charge in [-0.3, -0.25) is 4.68 Å². The smallest absolute Gasteiger partial charge is 0.248 e. The second-order valence-corrected chi connectivity index (χ2v) is 5.63. The molecule has 25 heavy (non-hydrogen) atoms. The highest BCUT2D eigenvalue weighted by Gasteiger charge is 2.07. The van der Waals surface area contributed by atoms with E-state index in [2.05, 4.69) is 50.2 Å². The van der Waals surface area contributed by atoms with Gasteiger partial charge in [0.05, 0.1) is 12.2 Å². The van der Waals surface area contributed by atoms with Gasteiger partial charge in [-0.2, -0.15) is 9.78 Å². The minimum absolute atomic E-state index is 0.615. The van der Waals surface area contributed by atoms with Gasteiger partial charge >= 0.3 is 0 Å². The monoisotopic (exact) mass is 331 g/mol. The fourth-order valence-corrected chi connectivity index (χ4v) is 2.64. The highest BCUT2D eigenvalue weighted by Crippen LogP contribution is 2.13. The molecule has 2 aromatic heterocycles. The van der Waals surface area contributed by atoms with Crippen molar-refractivity contribution < 1.29 is 0 Å². The maximum Gasteiger partial charge on any atom is 0.248 e. The zero-order chi connectivity index (χ0) is 16.9. The first-order valence-electron chi connectivity index (χ1n) is 8.01. The van der Waals surface area contributed by atoms with Crippen molar-refractivity contribution in [2.45, 2.75) is 13.1 Å².